The van der Waals surface area contributed by atoms with Gasteiger partial charge < -0.3 is 15.8 Å². The van der Waals surface area contributed by atoms with Gasteiger partial charge in [0.25, 0.3) is 0 Å². The van der Waals surface area contributed by atoms with Gasteiger partial charge in [0.1, 0.15) is 0 Å². The molecule has 1 heterocycles. The van der Waals surface area contributed by atoms with E-state index in [0.29, 0.717) is 6.04 Å². The summed E-state index contributed by atoms with van der Waals surface area (Å²) in [5.41, 5.74) is 6.34. The van der Waals surface area contributed by atoms with Crippen molar-refractivity contribution in [2.45, 2.75) is 37.3 Å². The molecule has 13 heavy (non-hydrogen) atoms. The summed E-state index contributed by atoms with van der Waals surface area (Å²) in [7, 11) is 2.03. The Bertz CT molecular complexity index is 174. The zero-order chi connectivity index (χ0) is 9.31. The molecule has 0 radical (unpaired) electrons. The Kier molecular flexibility index (Phi) is 2.58. The lowest BCUT2D eigenvalue weighted by Crippen LogP contribution is -2.51. The maximum absolute atomic E-state index is 6.23. The maximum Gasteiger partial charge on any atom is 0.0469 e. The number of rotatable bonds is 3. The van der Waals surface area contributed by atoms with E-state index in [1.165, 1.54) is 25.7 Å². The van der Waals surface area contributed by atoms with E-state index >= 15 is 0 Å². The molecule has 1 saturated heterocycles. The summed E-state index contributed by atoms with van der Waals surface area (Å²) < 4.78 is 5.36. The second kappa shape index (κ2) is 3.56. The molecule has 0 bridgehead atoms. The van der Waals surface area contributed by atoms with E-state index < -0.39 is 0 Å². The van der Waals surface area contributed by atoms with Crippen LogP contribution in [0.5, 0.6) is 0 Å². The van der Waals surface area contributed by atoms with Crippen LogP contribution in [0.3, 0.4) is 0 Å². The molecule has 1 aliphatic heterocycles. The van der Waals surface area contributed by atoms with Crippen LogP contribution in [0.2, 0.25) is 0 Å². The first-order valence-electron chi connectivity index (χ1n) is 5.30. The third-order valence-electron chi connectivity index (χ3n) is 3.50. The van der Waals surface area contributed by atoms with Crippen molar-refractivity contribution in [3.8, 4) is 0 Å². The summed E-state index contributed by atoms with van der Waals surface area (Å²) in [4.78, 5) is 0. The minimum atomic E-state index is 0.108. The largest absolute Gasteiger partial charge is 0.381 e. The van der Waals surface area contributed by atoms with Gasteiger partial charge >= 0.3 is 0 Å². The van der Waals surface area contributed by atoms with Crippen LogP contribution >= 0.6 is 0 Å². The zero-order valence-corrected chi connectivity index (χ0v) is 8.38. The van der Waals surface area contributed by atoms with Crippen LogP contribution in [-0.4, -0.2) is 31.8 Å². The predicted octanol–water partition coefficient (Wildman–Crippen LogP) is 0.492. The molecule has 0 aromatic carbocycles. The van der Waals surface area contributed by atoms with E-state index in [1.807, 2.05) is 7.05 Å². The maximum atomic E-state index is 6.23. The molecule has 76 valence electrons. The average molecular weight is 184 g/mol. The van der Waals surface area contributed by atoms with Crippen LogP contribution in [0.15, 0.2) is 0 Å². The number of hydrogen-bond acceptors (Lipinski definition) is 3. The monoisotopic (exact) mass is 184 g/mol. The SMILES string of the molecule is CNC(C1CCOCC1)C1(N)CC1. The quantitative estimate of drug-likeness (QED) is 0.671. The van der Waals surface area contributed by atoms with Gasteiger partial charge in [-0.05, 0) is 38.6 Å². The van der Waals surface area contributed by atoms with Gasteiger partial charge in [0.2, 0.25) is 0 Å². The lowest BCUT2D eigenvalue weighted by molar-refractivity contribution is 0.0498. The topological polar surface area (TPSA) is 47.3 Å². The molecule has 2 aliphatic rings. The van der Waals surface area contributed by atoms with Crippen LogP contribution in [0.4, 0.5) is 0 Å². The Balaban J connectivity index is 1.94. The van der Waals surface area contributed by atoms with Crippen LogP contribution in [0.25, 0.3) is 0 Å². The average Bonchev–Trinajstić information content (AvgIpc) is 2.87. The minimum Gasteiger partial charge on any atom is -0.381 e. The highest BCUT2D eigenvalue weighted by atomic mass is 16.5. The van der Waals surface area contributed by atoms with Gasteiger partial charge in [0.05, 0.1) is 0 Å². The molecule has 1 aliphatic carbocycles. The fraction of sp³-hybridized carbons (Fsp3) is 1.00. The van der Waals surface area contributed by atoms with Gasteiger partial charge in [0, 0.05) is 24.8 Å². The number of nitrogens with two attached hydrogens (primary N) is 1. The summed E-state index contributed by atoms with van der Waals surface area (Å²) in [6, 6.07) is 0.511. The molecule has 2 fully saturated rings. The van der Waals surface area contributed by atoms with Gasteiger partial charge in [-0.2, -0.15) is 0 Å². The van der Waals surface area contributed by atoms with Gasteiger partial charge in [-0.15, -0.1) is 0 Å². The van der Waals surface area contributed by atoms with E-state index in [-0.39, 0.29) is 5.54 Å². The third kappa shape index (κ3) is 1.87. The molecule has 0 aromatic heterocycles. The molecule has 0 aromatic rings. The minimum absolute atomic E-state index is 0.108. The number of nitrogens with one attached hydrogen (secondary N) is 1. The van der Waals surface area contributed by atoms with Gasteiger partial charge in [-0.3, -0.25) is 0 Å². The number of likely N-dealkylation sites (N-methyl/N-ethyl adjacent to an activating group) is 1. The van der Waals surface area contributed by atoms with E-state index in [9.17, 15) is 0 Å². The molecule has 3 heteroatoms. The van der Waals surface area contributed by atoms with Crippen molar-refractivity contribution in [1.82, 2.24) is 5.32 Å². The van der Waals surface area contributed by atoms with Crippen molar-refractivity contribution in [1.29, 1.82) is 0 Å². The first-order valence-corrected chi connectivity index (χ1v) is 5.30. The van der Waals surface area contributed by atoms with Crippen molar-refractivity contribution in [2.24, 2.45) is 11.7 Å². The fourth-order valence-corrected chi connectivity index (χ4v) is 2.50. The summed E-state index contributed by atoms with van der Waals surface area (Å²) in [6.07, 6.45) is 4.72. The Morgan fingerprint density at radius 2 is 2.00 bits per heavy atom. The molecule has 3 N–H and O–H groups in total. The van der Waals surface area contributed by atoms with E-state index in [0.717, 1.165) is 19.1 Å². The number of hydrogen-bond donors (Lipinski definition) is 2. The molecular formula is C10H20N2O. The Labute approximate surface area is 80.0 Å². The molecule has 0 spiro atoms. The van der Waals surface area contributed by atoms with Crippen LogP contribution in [0, 0.1) is 5.92 Å². The Hall–Kier alpha value is -0.120. The molecule has 0 amide bonds. The summed E-state index contributed by atoms with van der Waals surface area (Å²) in [5.74, 6) is 0.728. The first-order chi connectivity index (χ1) is 6.26. The number of ether oxygens (including phenoxy) is 1. The fourth-order valence-electron chi connectivity index (χ4n) is 2.50. The molecule has 2 rings (SSSR count). The van der Waals surface area contributed by atoms with E-state index in [1.54, 1.807) is 0 Å². The second-order valence-electron chi connectivity index (χ2n) is 4.45. The van der Waals surface area contributed by atoms with Crippen LogP contribution in [-0.2, 0) is 4.74 Å². The highest BCUT2D eigenvalue weighted by molar-refractivity contribution is 5.09. The predicted molar refractivity (Wildman–Crippen MR) is 52.5 cm³/mol. The summed E-state index contributed by atoms with van der Waals surface area (Å²) >= 11 is 0. The normalized spacial score (nSPS) is 30.0. The second-order valence-corrected chi connectivity index (χ2v) is 4.45. The highest BCUT2D eigenvalue weighted by Gasteiger charge is 2.48. The van der Waals surface area contributed by atoms with Crippen molar-refractivity contribution in [3.63, 3.8) is 0 Å². The molecule has 1 atom stereocenters. The molecule has 1 saturated carbocycles. The lowest BCUT2D eigenvalue weighted by atomic mass is 9.86. The van der Waals surface area contributed by atoms with Crippen LogP contribution in [0.1, 0.15) is 25.7 Å². The van der Waals surface area contributed by atoms with Gasteiger partial charge in [-0.1, -0.05) is 0 Å². The van der Waals surface area contributed by atoms with Crippen molar-refractivity contribution in [3.05, 3.63) is 0 Å². The van der Waals surface area contributed by atoms with Crippen LogP contribution < -0.4 is 11.1 Å². The summed E-state index contributed by atoms with van der Waals surface area (Å²) in [6.45, 7) is 1.83. The van der Waals surface area contributed by atoms with E-state index in [2.05, 4.69) is 5.32 Å². The van der Waals surface area contributed by atoms with Crippen molar-refractivity contribution >= 4 is 0 Å². The Morgan fingerprint density at radius 3 is 2.46 bits per heavy atom. The first kappa shape index (κ1) is 9.44. The van der Waals surface area contributed by atoms with Gasteiger partial charge in [-0.25, -0.2) is 0 Å². The standard InChI is InChI=1S/C10H20N2O/c1-12-9(10(11)4-5-10)8-2-6-13-7-3-8/h8-9,12H,2-7,11H2,1H3. The zero-order valence-electron chi connectivity index (χ0n) is 8.38. The van der Waals surface area contributed by atoms with Gasteiger partial charge in [0.15, 0.2) is 0 Å². The highest BCUT2D eigenvalue weighted by Crippen LogP contribution is 2.40. The molecular weight excluding hydrogens is 164 g/mol. The van der Waals surface area contributed by atoms with Crippen molar-refractivity contribution < 1.29 is 4.74 Å². The summed E-state index contributed by atoms with van der Waals surface area (Å²) in [5, 5.41) is 3.39. The van der Waals surface area contributed by atoms with E-state index in [4.69, 9.17) is 10.5 Å². The molecule has 1 unspecified atom stereocenters. The third-order valence-corrected chi connectivity index (χ3v) is 3.50. The van der Waals surface area contributed by atoms with Crippen molar-refractivity contribution in [2.75, 3.05) is 20.3 Å². The Morgan fingerprint density at radius 1 is 1.38 bits per heavy atom. The molecule has 3 nitrogen and oxygen atoms in total. The lowest BCUT2D eigenvalue weighted by Gasteiger charge is -2.34. The smallest absolute Gasteiger partial charge is 0.0469 e.